The number of carbonyl (C=O) groups is 1. The molecular formula is C15H18FN3O. The Morgan fingerprint density at radius 3 is 3.05 bits per heavy atom. The number of hydrogen-bond donors (Lipinski definition) is 1. The van der Waals surface area contributed by atoms with Gasteiger partial charge in [0.25, 0.3) is 0 Å². The van der Waals surface area contributed by atoms with Crippen LogP contribution >= 0.6 is 0 Å². The van der Waals surface area contributed by atoms with Crippen LogP contribution in [0.1, 0.15) is 19.3 Å². The number of nitrogens with one attached hydrogen (secondary N) is 1. The van der Waals surface area contributed by atoms with Gasteiger partial charge in [0.1, 0.15) is 5.82 Å². The first-order valence-corrected chi connectivity index (χ1v) is 6.85. The fourth-order valence-electron chi connectivity index (χ4n) is 2.48. The molecule has 1 aliphatic heterocycles. The summed E-state index contributed by atoms with van der Waals surface area (Å²) in [5.74, 6) is -0.697. The highest BCUT2D eigenvalue weighted by atomic mass is 19.1. The lowest BCUT2D eigenvalue weighted by Gasteiger charge is -2.31. The molecule has 1 aromatic rings. The van der Waals surface area contributed by atoms with Gasteiger partial charge in [0.05, 0.1) is 17.7 Å². The van der Waals surface area contributed by atoms with Crippen molar-refractivity contribution < 1.29 is 9.18 Å². The summed E-state index contributed by atoms with van der Waals surface area (Å²) < 4.78 is 13.5. The van der Waals surface area contributed by atoms with Gasteiger partial charge in [0.15, 0.2) is 0 Å². The normalized spacial score (nSPS) is 19.3. The largest absolute Gasteiger partial charge is 0.323 e. The molecule has 0 bridgehead atoms. The molecule has 1 N–H and O–H groups in total. The molecule has 1 heterocycles. The Morgan fingerprint density at radius 2 is 2.30 bits per heavy atom. The molecule has 1 fully saturated rings. The summed E-state index contributed by atoms with van der Waals surface area (Å²) in [6, 6.07) is 8.29. The number of carbonyl (C=O) groups excluding carboxylic acids is 1. The van der Waals surface area contributed by atoms with E-state index in [-0.39, 0.29) is 17.5 Å². The zero-order valence-electron chi connectivity index (χ0n) is 11.3. The molecule has 2 rings (SSSR count). The SMILES string of the molecule is N#CCCN1CCCC(C(=O)Nc2ccccc2F)C1. The number of amides is 1. The fraction of sp³-hybridized carbons (Fsp3) is 0.467. The maximum absolute atomic E-state index is 13.5. The van der Waals surface area contributed by atoms with Gasteiger partial charge in [-0.1, -0.05) is 12.1 Å². The molecule has 0 spiro atoms. The number of anilines is 1. The van der Waals surface area contributed by atoms with Gasteiger partial charge in [-0.15, -0.1) is 0 Å². The van der Waals surface area contributed by atoms with Gasteiger partial charge in [-0.25, -0.2) is 4.39 Å². The Morgan fingerprint density at radius 1 is 1.50 bits per heavy atom. The Hall–Kier alpha value is -1.93. The van der Waals surface area contributed by atoms with Crippen LogP contribution in [0.3, 0.4) is 0 Å². The molecule has 4 nitrogen and oxygen atoms in total. The second-order valence-electron chi connectivity index (χ2n) is 5.02. The molecule has 5 heteroatoms. The van der Waals surface area contributed by atoms with Gasteiger partial charge >= 0.3 is 0 Å². The summed E-state index contributed by atoms with van der Waals surface area (Å²) in [6.07, 6.45) is 2.21. The molecule has 1 aromatic carbocycles. The van der Waals surface area contributed by atoms with E-state index in [1.165, 1.54) is 6.07 Å². The molecule has 1 aliphatic rings. The number of likely N-dealkylation sites (tertiary alicyclic amines) is 1. The third-order valence-electron chi connectivity index (χ3n) is 3.55. The van der Waals surface area contributed by atoms with Crippen LogP contribution in [-0.4, -0.2) is 30.4 Å². The van der Waals surface area contributed by atoms with E-state index in [0.29, 0.717) is 19.5 Å². The van der Waals surface area contributed by atoms with Crippen LogP contribution in [0, 0.1) is 23.1 Å². The van der Waals surface area contributed by atoms with Gasteiger partial charge in [-0.3, -0.25) is 4.79 Å². The van der Waals surface area contributed by atoms with Gasteiger partial charge in [0, 0.05) is 19.5 Å². The van der Waals surface area contributed by atoms with Gasteiger partial charge in [-0.05, 0) is 31.5 Å². The van der Waals surface area contributed by atoms with Crippen LogP contribution in [-0.2, 0) is 4.79 Å². The van der Waals surface area contributed by atoms with Gasteiger partial charge in [-0.2, -0.15) is 5.26 Å². The molecule has 1 unspecified atom stereocenters. The highest BCUT2D eigenvalue weighted by Gasteiger charge is 2.25. The van der Waals surface area contributed by atoms with E-state index in [1.807, 2.05) is 0 Å². The number of halogens is 1. The van der Waals surface area contributed by atoms with Crippen LogP contribution < -0.4 is 5.32 Å². The standard InChI is InChI=1S/C15H18FN3O/c16-13-6-1-2-7-14(13)18-15(20)12-5-3-9-19(11-12)10-4-8-17/h1-2,6-7,12H,3-5,9-11H2,(H,18,20). The van der Waals surface area contributed by atoms with Crippen molar-refractivity contribution in [3.63, 3.8) is 0 Å². The number of benzene rings is 1. The third kappa shape index (κ3) is 3.78. The Bertz CT molecular complexity index is 512. The first-order chi connectivity index (χ1) is 9.70. The third-order valence-corrected chi connectivity index (χ3v) is 3.55. The minimum atomic E-state index is -0.419. The number of nitriles is 1. The quantitative estimate of drug-likeness (QED) is 0.918. The van der Waals surface area contributed by atoms with Crippen molar-refractivity contribution in [3.05, 3.63) is 30.1 Å². The fourth-order valence-corrected chi connectivity index (χ4v) is 2.48. The second-order valence-corrected chi connectivity index (χ2v) is 5.02. The van der Waals surface area contributed by atoms with Crippen molar-refractivity contribution in [2.75, 3.05) is 25.0 Å². The van der Waals surface area contributed by atoms with Crippen molar-refractivity contribution in [3.8, 4) is 6.07 Å². The van der Waals surface area contributed by atoms with E-state index in [0.717, 1.165) is 19.4 Å². The lowest BCUT2D eigenvalue weighted by Crippen LogP contribution is -2.41. The molecule has 20 heavy (non-hydrogen) atoms. The van der Waals surface area contributed by atoms with E-state index >= 15 is 0 Å². The summed E-state index contributed by atoms with van der Waals surface area (Å²) in [7, 11) is 0. The molecule has 1 atom stereocenters. The van der Waals surface area contributed by atoms with Crippen LogP contribution in [0.4, 0.5) is 10.1 Å². The minimum Gasteiger partial charge on any atom is -0.323 e. The maximum Gasteiger partial charge on any atom is 0.228 e. The van der Waals surface area contributed by atoms with E-state index in [2.05, 4.69) is 16.3 Å². The maximum atomic E-state index is 13.5. The van der Waals surface area contributed by atoms with E-state index < -0.39 is 5.82 Å². The second kappa shape index (κ2) is 7.01. The highest BCUT2D eigenvalue weighted by Crippen LogP contribution is 2.20. The minimum absolute atomic E-state index is 0.137. The number of piperidine rings is 1. The first kappa shape index (κ1) is 14.5. The summed E-state index contributed by atoms with van der Waals surface area (Å²) >= 11 is 0. The number of hydrogen-bond acceptors (Lipinski definition) is 3. The monoisotopic (exact) mass is 275 g/mol. The van der Waals surface area contributed by atoms with Crippen molar-refractivity contribution in [1.82, 2.24) is 4.90 Å². The van der Waals surface area contributed by atoms with Crippen molar-refractivity contribution in [2.24, 2.45) is 5.92 Å². The Kier molecular flexibility index (Phi) is 5.08. The predicted octanol–water partition coefficient (Wildman–Crippen LogP) is 2.39. The van der Waals surface area contributed by atoms with Crippen molar-refractivity contribution >= 4 is 11.6 Å². The summed E-state index contributed by atoms with van der Waals surface area (Å²) in [5.41, 5.74) is 0.228. The van der Waals surface area contributed by atoms with E-state index in [1.54, 1.807) is 18.2 Å². The molecule has 0 aromatic heterocycles. The van der Waals surface area contributed by atoms with E-state index in [9.17, 15) is 9.18 Å². The van der Waals surface area contributed by atoms with Crippen molar-refractivity contribution in [2.45, 2.75) is 19.3 Å². The molecule has 0 radical (unpaired) electrons. The smallest absolute Gasteiger partial charge is 0.228 e. The molecular weight excluding hydrogens is 257 g/mol. The Balaban J connectivity index is 1.92. The lowest BCUT2D eigenvalue weighted by atomic mass is 9.97. The zero-order chi connectivity index (χ0) is 14.4. The van der Waals surface area contributed by atoms with Crippen LogP contribution in [0.2, 0.25) is 0 Å². The van der Waals surface area contributed by atoms with Crippen molar-refractivity contribution in [1.29, 1.82) is 5.26 Å². The van der Waals surface area contributed by atoms with Crippen LogP contribution in [0.5, 0.6) is 0 Å². The average molecular weight is 275 g/mol. The zero-order valence-corrected chi connectivity index (χ0v) is 11.3. The number of nitrogens with zero attached hydrogens (tertiary/aromatic N) is 2. The predicted molar refractivity (Wildman–Crippen MR) is 74.4 cm³/mol. The molecule has 1 saturated heterocycles. The molecule has 0 aliphatic carbocycles. The van der Waals surface area contributed by atoms with Gasteiger partial charge < -0.3 is 10.2 Å². The number of para-hydroxylation sites is 1. The lowest BCUT2D eigenvalue weighted by molar-refractivity contribution is -0.121. The summed E-state index contributed by atoms with van der Waals surface area (Å²) in [5, 5.41) is 11.3. The summed E-state index contributed by atoms with van der Waals surface area (Å²) in [6.45, 7) is 2.26. The van der Waals surface area contributed by atoms with Crippen LogP contribution in [0.25, 0.3) is 0 Å². The van der Waals surface area contributed by atoms with E-state index in [4.69, 9.17) is 5.26 Å². The first-order valence-electron chi connectivity index (χ1n) is 6.85. The molecule has 106 valence electrons. The van der Waals surface area contributed by atoms with Gasteiger partial charge in [0.2, 0.25) is 5.91 Å². The average Bonchev–Trinajstić information content (AvgIpc) is 2.48. The number of rotatable bonds is 4. The topological polar surface area (TPSA) is 56.1 Å². The van der Waals surface area contributed by atoms with Crippen LogP contribution in [0.15, 0.2) is 24.3 Å². The Labute approximate surface area is 118 Å². The summed E-state index contributed by atoms with van der Waals surface area (Å²) in [4.78, 5) is 14.3. The molecule has 0 saturated carbocycles. The highest BCUT2D eigenvalue weighted by molar-refractivity contribution is 5.92. The molecule has 1 amide bonds.